The number of nitrogens with zero attached hydrogens (tertiary/aromatic N) is 4. The highest BCUT2D eigenvalue weighted by Gasteiger charge is 2.38. The van der Waals surface area contributed by atoms with Crippen LogP contribution in [0.4, 0.5) is 34.1 Å². The normalized spacial score (nSPS) is 12.8. The van der Waals surface area contributed by atoms with Crippen LogP contribution in [0.1, 0.15) is 81.8 Å². The predicted octanol–water partition coefficient (Wildman–Crippen LogP) is 26.4. The number of aliphatic hydroxyl groups excluding tert-OH is 2. The van der Waals surface area contributed by atoms with E-state index in [1.165, 1.54) is 66.8 Å². The molecular formula is C106H80N4O4. The number of aliphatic hydroxyl groups is 2. The van der Waals surface area contributed by atoms with Crippen LogP contribution in [-0.4, -0.2) is 31.9 Å². The maximum absolute atomic E-state index is 11.9. The monoisotopic (exact) mass is 1470 g/mol. The SMILES string of the molecule is CC1(C)c2ccccc2-c2ccc(N(c3ccc(-c4ccccc4)cc3)c3ccc(-c4ccc5c(c4)c4cc(C=O)ccc4n5-c4ccc(C=O)cc4)cc3)cc21.CC1(C)c2ccccc2-c2ccc(N(c3ccc(-c4ccccc4)cc3)c3ccc(-c4ccc5c(c4)c4cc(CO)ccc4n5-c4ccc(CO)cc4)cc3)cc21. The van der Waals surface area contributed by atoms with E-state index in [0.29, 0.717) is 11.1 Å². The number of fused-ring (bicyclic) bond motifs is 12. The molecule has 2 aliphatic rings. The molecule has 8 heteroatoms. The van der Waals surface area contributed by atoms with Crippen LogP contribution in [0.15, 0.2) is 364 Å². The molecule has 16 aromatic carbocycles. The Morgan fingerprint density at radius 2 is 0.570 bits per heavy atom. The van der Waals surface area contributed by atoms with Crippen LogP contribution in [0.3, 0.4) is 0 Å². The molecule has 0 atom stereocenters. The Hall–Kier alpha value is -14.0. The van der Waals surface area contributed by atoms with Gasteiger partial charge in [-0.2, -0.15) is 0 Å². The first-order chi connectivity index (χ1) is 55.8. The fourth-order valence-electron chi connectivity index (χ4n) is 17.7. The highest BCUT2D eigenvalue weighted by atomic mass is 16.3. The van der Waals surface area contributed by atoms with E-state index in [4.69, 9.17) is 0 Å². The zero-order chi connectivity index (χ0) is 77.3. The van der Waals surface area contributed by atoms with Gasteiger partial charge in [-0.25, -0.2) is 0 Å². The minimum Gasteiger partial charge on any atom is -0.392 e. The zero-order valence-electron chi connectivity index (χ0n) is 63.7. The van der Waals surface area contributed by atoms with Crippen LogP contribution in [0, 0.1) is 0 Å². The first-order valence-electron chi connectivity index (χ1n) is 38.9. The number of aldehydes is 2. The summed E-state index contributed by atoms with van der Waals surface area (Å²) in [5, 5.41) is 24.0. The van der Waals surface area contributed by atoms with Gasteiger partial charge in [0.15, 0.2) is 0 Å². The molecule has 2 aromatic heterocycles. The lowest BCUT2D eigenvalue weighted by Crippen LogP contribution is -2.16. The minimum atomic E-state index is -0.123. The average molecular weight is 1470 g/mol. The van der Waals surface area contributed by atoms with E-state index in [0.717, 1.165) is 135 Å². The summed E-state index contributed by atoms with van der Waals surface area (Å²) in [6.07, 6.45) is 1.75. The van der Waals surface area contributed by atoms with E-state index in [-0.39, 0.29) is 24.0 Å². The molecule has 2 N–H and O–H groups in total. The molecule has 8 nitrogen and oxygen atoms in total. The maximum atomic E-state index is 11.9. The first kappa shape index (κ1) is 70.4. The van der Waals surface area contributed by atoms with Crippen LogP contribution in [-0.2, 0) is 24.0 Å². The molecule has 0 aliphatic heterocycles. The standard InChI is InChI=1S/C53H42N2O2.C53H38N2O2/c2*1-53(2)49-11-7-6-10-45(49)46-27-26-44(32-50(46)53)54(41-22-15-38(16-23-41)37-8-4-3-5-9-37)42-24-17-39(18-25-42)40-19-29-52-48(31-40)47-30-36(34-57)14-28-51(47)55(52)43-20-12-35(33-56)13-21-43/h3-32,56-57H,33-34H2,1-2H3;3-34H,1-2H3. The smallest absolute Gasteiger partial charge is 0.150 e. The van der Waals surface area contributed by atoms with Gasteiger partial charge in [0.05, 0.1) is 35.3 Å². The molecule has 18 aromatic rings. The van der Waals surface area contributed by atoms with Crippen LogP contribution >= 0.6 is 0 Å². The van der Waals surface area contributed by atoms with Crippen molar-refractivity contribution < 1.29 is 19.8 Å². The summed E-state index contributed by atoms with van der Waals surface area (Å²) < 4.78 is 4.45. The molecule has 0 amide bonds. The van der Waals surface area contributed by atoms with E-state index in [9.17, 15) is 19.8 Å². The van der Waals surface area contributed by atoms with Crippen molar-refractivity contribution in [1.29, 1.82) is 0 Å². The number of carbonyl (C=O) groups is 2. The van der Waals surface area contributed by atoms with E-state index >= 15 is 0 Å². The molecule has 0 saturated heterocycles. The number of hydrogen-bond acceptors (Lipinski definition) is 6. The molecule has 0 spiro atoms. The lowest BCUT2D eigenvalue weighted by Gasteiger charge is -2.28. The van der Waals surface area contributed by atoms with E-state index in [1.807, 2.05) is 66.7 Å². The summed E-state index contributed by atoms with van der Waals surface area (Å²) in [5.41, 5.74) is 35.3. The molecule has 2 aliphatic carbocycles. The Morgan fingerprint density at radius 1 is 0.263 bits per heavy atom. The van der Waals surface area contributed by atoms with Crippen molar-refractivity contribution in [2.45, 2.75) is 51.7 Å². The predicted molar refractivity (Wildman–Crippen MR) is 470 cm³/mol. The van der Waals surface area contributed by atoms with Gasteiger partial charge in [0.25, 0.3) is 0 Å². The number of anilines is 6. The number of benzene rings is 16. The second-order valence-electron chi connectivity index (χ2n) is 31.0. The van der Waals surface area contributed by atoms with Gasteiger partial charge in [-0.3, -0.25) is 9.59 Å². The molecule has 0 saturated carbocycles. The Morgan fingerprint density at radius 3 is 0.982 bits per heavy atom. The van der Waals surface area contributed by atoms with Crippen LogP contribution in [0.25, 0.3) is 122 Å². The second kappa shape index (κ2) is 28.7. The summed E-state index contributed by atoms with van der Waals surface area (Å²) >= 11 is 0. The summed E-state index contributed by atoms with van der Waals surface area (Å²) in [5.74, 6) is 0. The van der Waals surface area contributed by atoms with Gasteiger partial charge in [-0.1, -0.05) is 228 Å². The van der Waals surface area contributed by atoms with E-state index in [1.54, 1.807) is 0 Å². The van der Waals surface area contributed by atoms with Crippen LogP contribution in [0.2, 0.25) is 0 Å². The number of rotatable bonds is 16. The van der Waals surface area contributed by atoms with Gasteiger partial charge in [-0.05, 0) is 264 Å². The third kappa shape index (κ3) is 12.3. The molecule has 0 bridgehead atoms. The molecule has 114 heavy (non-hydrogen) atoms. The molecule has 20 rings (SSSR count). The van der Waals surface area contributed by atoms with Crippen molar-refractivity contribution in [2.75, 3.05) is 9.80 Å². The van der Waals surface area contributed by atoms with Crippen molar-refractivity contribution in [3.05, 3.63) is 408 Å². The fraction of sp³-hybridized carbons (Fsp3) is 0.0755. The van der Waals surface area contributed by atoms with Crippen molar-refractivity contribution >= 4 is 90.3 Å². The van der Waals surface area contributed by atoms with Gasteiger partial charge < -0.3 is 29.1 Å². The number of aromatic nitrogens is 2. The Bertz CT molecular complexity index is 6740. The molecule has 0 radical (unpaired) electrons. The topological polar surface area (TPSA) is 90.9 Å². The number of carbonyl (C=O) groups excluding carboxylic acids is 2. The molecule has 0 unspecified atom stereocenters. The molecular weight excluding hydrogens is 1390 g/mol. The Kier molecular flexibility index (Phi) is 17.7. The largest absolute Gasteiger partial charge is 0.392 e. The van der Waals surface area contributed by atoms with Gasteiger partial charge in [0.2, 0.25) is 0 Å². The van der Waals surface area contributed by atoms with Gasteiger partial charge in [-0.15, -0.1) is 0 Å². The van der Waals surface area contributed by atoms with Crippen LogP contribution < -0.4 is 9.80 Å². The Balaban J connectivity index is 0.000000153. The first-order valence-corrected chi connectivity index (χ1v) is 38.9. The highest BCUT2D eigenvalue weighted by Crippen LogP contribution is 2.53. The van der Waals surface area contributed by atoms with E-state index < -0.39 is 0 Å². The highest BCUT2D eigenvalue weighted by molar-refractivity contribution is 6.13. The lowest BCUT2D eigenvalue weighted by molar-refractivity contribution is 0.111. The van der Waals surface area contributed by atoms with Crippen molar-refractivity contribution in [1.82, 2.24) is 9.13 Å². The van der Waals surface area contributed by atoms with Crippen molar-refractivity contribution in [2.24, 2.45) is 0 Å². The van der Waals surface area contributed by atoms with Gasteiger partial charge in [0.1, 0.15) is 12.6 Å². The average Bonchev–Trinajstić information content (AvgIpc) is 1.57. The second-order valence-corrected chi connectivity index (χ2v) is 31.0. The third-order valence-electron chi connectivity index (χ3n) is 23.6. The fourth-order valence-corrected chi connectivity index (χ4v) is 17.7. The number of hydrogen-bond donors (Lipinski definition) is 2. The molecule has 2 heterocycles. The minimum absolute atomic E-state index is 0.00798. The van der Waals surface area contributed by atoms with Gasteiger partial charge in [0, 0.05) is 89.0 Å². The summed E-state index contributed by atoms with van der Waals surface area (Å²) in [7, 11) is 0. The lowest BCUT2D eigenvalue weighted by atomic mass is 9.82. The summed E-state index contributed by atoms with van der Waals surface area (Å²) in [4.78, 5) is 28.0. The Labute approximate surface area is 663 Å². The van der Waals surface area contributed by atoms with E-state index in [2.05, 4.69) is 344 Å². The van der Waals surface area contributed by atoms with Crippen molar-refractivity contribution in [3.63, 3.8) is 0 Å². The summed E-state index contributed by atoms with van der Waals surface area (Å²) in [6, 6.07) is 129. The molecule has 0 fully saturated rings. The van der Waals surface area contributed by atoms with Crippen molar-refractivity contribution in [3.8, 4) is 78.1 Å². The summed E-state index contributed by atoms with van der Waals surface area (Å²) in [6.45, 7) is 9.31. The molecule has 548 valence electrons. The quantitative estimate of drug-likeness (QED) is 0.0937. The third-order valence-corrected chi connectivity index (χ3v) is 23.6. The maximum Gasteiger partial charge on any atom is 0.150 e. The zero-order valence-corrected chi connectivity index (χ0v) is 63.7. The van der Waals surface area contributed by atoms with Crippen LogP contribution in [0.5, 0.6) is 0 Å². The van der Waals surface area contributed by atoms with Gasteiger partial charge >= 0.3 is 0 Å².